The van der Waals surface area contributed by atoms with Gasteiger partial charge in [0.25, 0.3) is 0 Å². The van der Waals surface area contributed by atoms with Gasteiger partial charge in [0.05, 0.1) is 0 Å². The molecule has 15 heavy (non-hydrogen) atoms. The number of nitrogens with two attached hydrogens (primary N) is 1. The summed E-state index contributed by atoms with van der Waals surface area (Å²) >= 11 is 0. The molecule has 0 aromatic carbocycles. The van der Waals surface area contributed by atoms with E-state index in [1.807, 2.05) is 0 Å². The lowest BCUT2D eigenvalue weighted by molar-refractivity contribution is 0.391. The highest BCUT2D eigenvalue weighted by atomic mass is 15.4. The number of rotatable bonds is 5. The fraction of sp³-hybridized carbons (Fsp3) is 0.909. The van der Waals surface area contributed by atoms with E-state index in [-0.39, 0.29) is 0 Å². The molecule has 4 nitrogen and oxygen atoms in total. The molecule has 0 aliphatic heterocycles. The molecule has 0 spiro atoms. The van der Waals surface area contributed by atoms with Crippen molar-refractivity contribution in [3.05, 3.63) is 0 Å². The van der Waals surface area contributed by atoms with Crippen LogP contribution >= 0.6 is 0 Å². The van der Waals surface area contributed by atoms with Gasteiger partial charge in [-0.05, 0) is 25.2 Å². The molecule has 0 atom stereocenters. The van der Waals surface area contributed by atoms with E-state index < -0.39 is 0 Å². The Bertz CT molecular complexity index is 209. The van der Waals surface area contributed by atoms with Gasteiger partial charge in [-0.2, -0.15) is 0 Å². The Morgan fingerprint density at radius 1 is 1.53 bits per heavy atom. The number of hydrogen-bond donors (Lipinski definition) is 2. The van der Waals surface area contributed by atoms with Gasteiger partial charge in [0.2, 0.25) is 5.96 Å². The third-order valence-corrected chi connectivity index (χ3v) is 2.46. The first-order valence-electron chi connectivity index (χ1n) is 5.96. The Kier molecular flexibility index (Phi) is 4.88. The summed E-state index contributed by atoms with van der Waals surface area (Å²) in [6.07, 6.45) is 3.70. The smallest absolute Gasteiger partial charge is 0.208 e. The zero-order valence-electron chi connectivity index (χ0n) is 10.2. The van der Waals surface area contributed by atoms with Crippen LogP contribution in [0.5, 0.6) is 0 Å². The molecule has 0 aromatic heterocycles. The van der Waals surface area contributed by atoms with Gasteiger partial charge in [-0.25, -0.2) is 5.84 Å². The van der Waals surface area contributed by atoms with E-state index in [0.29, 0.717) is 12.0 Å². The number of nitrogens with zero attached hydrogens (tertiary/aromatic N) is 2. The highest BCUT2D eigenvalue weighted by molar-refractivity contribution is 5.80. The Morgan fingerprint density at radius 2 is 2.20 bits per heavy atom. The molecule has 0 amide bonds. The van der Waals surface area contributed by atoms with Crippen molar-refractivity contribution in [2.75, 3.05) is 13.1 Å². The van der Waals surface area contributed by atoms with Crippen LogP contribution in [0.1, 0.15) is 40.0 Å². The van der Waals surface area contributed by atoms with Crippen molar-refractivity contribution in [2.45, 2.75) is 46.1 Å². The van der Waals surface area contributed by atoms with Crippen LogP contribution in [-0.2, 0) is 0 Å². The fourth-order valence-electron chi connectivity index (χ4n) is 1.58. The van der Waals surface area contributed by atoms with Crippen LogP contribution in [0.25, 0.3) is 0 Å². The van der Waals surface area contributed by atoms with Crippen LogP contribution in [0.2, 0.25) is 0 Å². The molecule has 4 heteroatoms. The minimum absolute atomic E-state index is 0.580. The van der Waals surface area contributed by atoms with Gasteiger partial charge in [-0.1, -0.05) is 20.8 Å². The Hall–Kier alpha value is -0.770. The van der Waals surface area contributed by atoms with Crippen LogP contribution in [0.4, 0.5) is 0 Å². The molecule has 0 aromatic rings. The van der Waals surface area contributed by atoms with Gasteiger partial charge in [0.1, 0.15) is 0 Å². The van der Waals surface area contributed by atoms with E-state index >= 15 is 0 Å². The summed E-state index contributed by atoms with van der Waals surface area (Å²) in [6.45, 7) is 8.40. The average Bonchev–Trinajstić information content (AvgIpc) is 3.00. The lowest BCUT2D eigenvalue weighted by atomic mass is 10.2. The summed E-state index contributed by atoms with van der Waals surface area (Å²) in [4.78, 5) is 6.84. The summed E-state index contributed by atoms with van der Waals surface area (Å²) in [5.74, 6) is 6.98. The number of nitrogens with one attached hydrogen (secondary N) is 1. The number of guanidine groups is 1. The van der Waals surface area contributed by atoms with E-state index in [2.05, 4.69) is 36.1 Å². The summed E-state index contributed by atoms with van der Waals surface area (Å²) in [5, 5.41) is 0. The lowest BCUT2D eigenvalue weighted by Crippen LogP contribution is -2.46. The van der Waals surface area contributed by atoms with E-state index in [1.165, 1.54) is 12.8 Å². The van der Waals surface area contributed by atoms with Gasteiger partial charge >= 0.3 is 0 Å². The SMILES string of the molecule is CCCN(C(=NCC(C)C)NN)C1CC1. The Balaban J connectivity index is 2.55. The molecule has 1 rings (SSSR count). The van der Waals surface area contributed by atoms with Crippen LogP contribution in [0.15, 0.2) is 4.99 Å². The minimum atomic E-state index is 0.580. The summed E-state index contributed by atoms with van der Waals surface area (Å²) in [6, 6.07) is 0.673. The number of hydrazine groups is 1. The highest BCUT2D eigenvalue weighted by Gasteiger charge is 2.30. The van der Waals surface area contributed by atoms with Gasteiger partial charge in [0.15, 0.2) is 0 Å². The standard InChI is InChI=1S/C11H24N4/c1-4-7-15(10-5-6-10)11(14-12)13-8-9(2)3/h9-10H,4-8,12H2,1-3H3,(H,13,14). The third kappa shape index (κ3) is 4.08. The van der Waals surface area contributed by atoms with Crippen LogP contribution < -0.4 is 11.3 Å². The molecule has 0 radical (unpaired) electrons. The maximum atomic E-state index is 5.53. The third-order valence-electron chi connectivity index (χ3n) is 2.46. The van der Waals surface area contributed by atoms with Crippen molar-refractivity contribution in [2.24, 2.45) is 16.8 Å². The van der Waals surface area contributed by atoms with E-state index in [9.17, 15) is 0 Å². The minimum Gasteiger partial charge on any atom is -0.339 e. The largest absolute Gasteiger partial charge is 0.339 e. The zero-order chi connectivity index (χ0) is 11.3. The molecule has 88 valence electrons. The predicted molar refractivity (Wildman–Crippen MR) is 64.5 cm³/mol. The molecule has 1 saturated carbocycles. The molecule has 0 heterocycles. The van der Waals surface area contributed by atoms with Crippen molar-refractivity contribution in [1.82, 2.24) is 10.3 Å². The first-order chi connectivity index (χ1) is 7.19. The first-order valence-corrected chi connectivity index (χ1v) is 5.96. The van der Waals surface area contributed by atoms with Gasteiger partial charge in [-0.3, -0.25) is 10.4 Å². The number of aliphatic imine (C=N–C) groups is 1. The molecule has 1 fully saturated rings. The van der Waals surface area contributed by atoms with Crippen molar-refractivity contribution in [3.63, 3.8) is 0 Å². The maximum absolute atomic E-state index is 5.53. The van der Waals surface area contributed by atoms with Gasteiger partial charge < -0.3 is 4.90 Å². The average molecular weight is 212 g/mol. The van der Waals surface area contributed by atoms with Crippen LogP contribution in [0, 0.1) is 5.92 Å². The normalized spacial score (nSPS) is 17.0. The summed E-state index contributed by atoms with van der Waals surface area (Å²) < 4.78 is 0. The molecular weight excluding hydrogens is 188 g/mol. The summed E-state index contributed by atoms with van der Waals surface area (Å²) in [5.41, 5.74) is 2.74. The van der Waals surface area contributed by atoms with Crippen molar-refractivity contribution < 1.29 is 0 Å². The second-order valence-electron chi connectivity index (χ2n) is 4.63. The fourth-order valence-corrected chi connectivity index (χ4v) is 1.58. The highest BCUT2D eigenvalue weighted by Crippen LogP contribution is 2.26. The quantitative estimate of drug-likeness (QED) is 0.313. The topological polar surface area (TPSA) is 53.6 Å². The van der Waals surface area contributed by atoms with E-state index in [0.717, 1.165) is 25.5 Å². The predicted octanol–water partition coefficient (Wildman–Crippen LogP) is 1.34. The first kappa shape index (κ1) is 12.3. The molecule has 1 aliphatic carbocycles. The van der Waals surface area contributed by atoms with Gasteiger partial charge in [0, 0.05) is 19.1 Å². The van der Waals surface area contributed by atoms with Crippen LogP contribution in [-0.4, -0.2) is 30.0 Å². The van der Waals surface area contributed by atoms with Crippen molar-refractivity contribution >= 4 is 5.96 Å². The Morgan fingerprint density at radius 3 is 2.60 bits per heavy atom. The molecule has 0 unspecified atom stereocenters. The maximum Gasteiger partial charge on any atom is 0.208 e. The van der Waals surface area contributed by atoms with E-state index in [4.69, 9.17) is 5.84 Å². The summed E-state index contributed by atoms with van der Waals surface area (Å²) in [7, 11) is 0. The second-order valence-corrected chi connectivity index (χ2v) is 4.63. The monoisotopic (exact) mass is 212 g/mol. The van der Waals surface area contributed by atoms with Crippen molar-refractivity contribution in [1.29, 1.82) is 0 Å². The number of hydrogen-bond acceptors (Lipinski definition) is 2. The molecule has 0 bridgehead atoms. The molecule has 3 N–H and O–H groups in total. The molecule has 1 aliphatic rings. The zero-order valence-corrected chi connectivity index (χ0v) is 10.2. The molecule has 0 saturated heterocycles. The lowest BCUT2D eigenvalue weighted by Gasteiger charge is -2.25. The van der Waals surface area contributed by atoms with Crippen molar-refractivity contribution in [3.8, 4) is 0 Å². The second kappa shape index (κ2) is 5.95. The van der Waals surface area contributed by atoms with E-state index in [1.54, 1.807) is 0 Å². The van der Waals surface area contributed by atoms with Gasteiger partial charge in [-0.15, -0.1) is 0 Å². The Labute approximate surface area is 92.9 Å². The molecular formula is C11H24N4. The van der Waals surface area contributed by atoms with Crippen LogP contribution in [0.3, 0.4) is 0 Å².